The standard InChI is InChI=1S/C21H24FN3O3S/c1-13-10-14(7-9-25(13)29(3,26)27)19-12-18-16(6-8-23-21(18)24-19)17-11-15(22)4-5-20(17)28-2/h4-6,8,11-14H,7,9-10H2,1-3H3,(H,23,24)/t13-,14?/m0/s1. The van der Waals surface area contributed by atoms with E-state index >= 15 is 0 Å². The molecule has 8 heteroatoms. The summed E-state index contributed by atoms with van der Waals surface area (Å²) in [4.78, 5) is 7.83. The fraction of sp³-hybridized carbons (Fsp3) is 0.381. The van der Waals surface area contributed by atoms with Gasteiger partial charge < -0.3 is 9.72 Å². The summed E-state index contributed by atoms with van der Waals surface area (Å²) < 4.78 is 44.8. The molecule has 154 valence electrons. The van der Waals surface area contributed by atoms with Gasteiger partial charge in [-0.1, -0.05) is 0 Å². The van der Waals surface area contributed by atoms with Crippen molar-refractivity contribution < 1.29 is 17.5 Å². The molecule has 6 nitrogen and oxygen atoms in total. The van der Waals surface area contributed by atoms with Gasteiger partial charge in [0.25, 0.3) is 0 Å². The second-order valence-corrected chi connectivity index (χ2v) is 9.57. The first kappa shape index (κ1) is 19.8. The largest absolute Gasteiger partial charge is 0.496 e. The first-order valence-electron chi connectivity index (χ1n) is 9.56. The summed E-state index contributed by atoms with van der Waals surface area (Å²) in [5.74, 6) is 0.472. The Balaban J connectivity index is 1.72. The normalized spacial score (nSPS) is 20.8. The Kier molecular flexibility index (Phi) is 5.08. The maximum atomic E-state index is 13.9. The highest BCUT2D eigenvalue weighted by Gasteiger charge is 2.32. The molecule has 2 aromatic heterocycles. The average molecular weight is 418 g/mol. The number of rotatable bonds is 4. The third-order valence-corrected chi connectivity index (χ3v) is 7.08. The predicted octanol–water partition coefficient (Wildman–Crippen LogP) is 3.91. The monoisotopic (exact) mass is 417 g/mol. The van der Waals surface area contributed by atoms with Crippen molar-refractivity contribution in [3.05, 3.63) is 48.0 Å². The Bertz CT molecular complexity index is 1160. The van der Waals surface area contributed by atoms with Crippen LogP contribution in [0.3, 0.4) is 0 Å². The van der Waals surface area contributed by atoms with E-state index in [1.54, 1.807) is 23.7 Å². The van der Waals surface area contributed by atoms with Crippen LogP contribution in [-0.4, -0.2) is 48.6 Å². The smallest absolute Gasteiger partial charge is 0.211 e. The highest BCUT2D eigenvalue weighted by Crippen LogP contribution is 2.38. The quantitative estimate of drug-likeness (QED) is 0.699. The molecule has 3 aromatic rings. The molecule has 1 aliphatic rings. The molecule has 29 heavy (non-hydrogen) atoms. The van der Waals surface area contributed by atoms with E-state index in [0.717, 1.165) is 35.1 Å². The number of halogens is 1. The number of aromatic amines is 1. The van der Waals surface area contributed by atoms with Crippen LogP contribution in [0, 0.1) is 5.82 Å². The molecular weight excluding hydrogens is 393 g/mol. The predicted molar refractivity (Wildman–Crippen MR) is 111 cm³/mol. The number of hydrogen-bond donors (Lipinski definition) is 1. The van der Waals surface area contributed by atoms with Crippen molar-refractivity contribution in [3.63, 3.8) is 0 Å². The Labute approximate surface area is 169 Å². The van der Waals surface area contributed by atoms with E-state index in [0.29, 0.717) is 17.9 Å². The lowest BCUT2D eigenvalue weighted by Gasteiger charge is -2.35. The van der Waals surface area contributed by atoms with Gasteiger partial charge in [-0.15, -0.1) is 0 Å². The number of hydrogen-bond acceptors (Lipinski definition) is 4. The van der Waals surface area contributed by atoms with Gasteiger partial charge in [-0.3, -0.25) is 0 Å². The van der Waals surface area contributed by atoms with E-state index in [9.17, 15) is 12.8 Å². The summed E-state index contributed by atoms with van der Waals surface area (Å²) in [6, 6.07) is 8.30. The summed E-state index contributed by atoms with van der Waals surface area (Å²) in [5.41, 5.74) is 3.26. The molecular formula is C21H24FN3O3S. The summed E-state index contributed by atoms with van der Waals surface area (Å²) in [6.45, 7) is 2.44. The van der Waals surface area contributed by atoms with E-state index in [1.807, 2.05) is 13.0 Å². The van der Waals surface area contributed by atoms with Gasteiger partial charge in [-0.25, -0.2) is 17.8 Å². The highest BCUT2D eigenvalue weighted by molar-refractivity contribution is 7.88. The molecule has 3 heterocycles. The van der Waals surface area contributed by atoms with Crippen molar-refractivity contribution in [2.24, 2.45) is 0 Å². The molecule has 1 saturated heterocycles. The number of aromatic nitrogens is 2. The maximum Gasteiger partial charge on any atom is 0.211 e. The van der Waals surface area contributed by atoms with Crippen LogP contribution >= 0.6 is 0 Å². The van der Waals surface area contributed by atoms with Gasteiger partial charge in [0.15, 0.2) is 0 Å². The zero-order valence-corrected chi connectivity index (χ0v) is 17.5. The SMILES string of the molecule is COc1ccc(F)cc1-c1ccnc2[nH]c(C3CCN(S(C)(=O)=O)[C@@H](C)C3)cc12. The van der Waals surface area contributed by atoms with Crippen LogP contribution in [0.5, 0.6) is 5.75 Å². The molecule has 1 aliphatic heterocycles. The molecule has 1 N–H and O–H groups in total. The average Bonchev–Trinajstić information content (AvgIpc) is 3.11. The number of sulfonamides is 1. The number of fused-ring (bicyclic) bond motifs is 1. The van der Waals surface area contributed by atoms with E-state index < -0.39 is 10.0 Å². The lowest BCUT2D eigenvalue weighted by molar-refractivity contribution is 0.246. The van der Waals surface area contributed by atoms with Crippen molar-refractivity contribution in [2.45, 2.75) is 31.7 Å². The van der Waals surface area contributed by atoms with E-state index in [4.69, 9.17) is 4.74 Å². The van der Waals surface area contributed by atoms with E-state index in [1.165, 1.54) is 18.4 Å². The molecule has 2 atom stereocenters. The number of methoxy groups -OCH3 is 1. The molecule has 1 fully saturated rings. The minimum Gasteiger partial charge on any atom is -0.496 e. The van der Waals surface area contributed by atoms with Crippen LogP contribution in [0.15, 0.2) is 36.5 Å². The van der Waals surface area contributed by atoms with Gasteiger partial charge >= 0.3 is 0 Å². The fourth-order valence-electron chi connectivity index (χ4n) is 4.32. The Morgan fingerprint density at radius 1 is 1.24 bits per heavy atom. The van der Waals surface area contributed by atoms with Gasteiger partial charge in [0, 0.05) is 41.3 Å². The van der Waals surface area contributed by atoms with Crippen LogP contribution in [0.1, 0.15) is 31.4 Å². The third kappa shape index (κ3) is 3.74. The number of piperidine rings is 1. The molecule has 0 radical (unpaired) electrons. The molecule has 0 amide bonds. The Morgan fingerprint density at radius 3 is 2.72 bits per heavy atom. The van der Waals surface area contributed by atoms with Gasteiger partial charge in [-0.2, -0.15) is 4.31 Å². The highest BCUT2D eigenvalue weighted by atomic mass is 32.2. The second kappa shape index (κ2) is 7.42. The molecule has 0 bridgehead atoms. The first-order valence-corrected chi connectivity index (χ1v) is 11.4. The Morgan fingerprint density at radius 2 is 2.03 bits per heavy atom. The molecule has 1 unspecified atom stereocenters. The number of ether oxygens (including phenoxy) is 1. The molecule has 4 rings (SSSR count). The summed E-state index contributed by atoms with van der Waals surface area (Å²) in [7, 11) is -1.63. The van der Waals surface area contributed by atoms with Crippen molar-refractivity contribution in [2.75, 3.05) is 19.9 Å². The summed E-state index contributed by atoms with van der Waals surface area (Å²) in [6.07, 6.45) is 4.42. The Hall–Kier alpha value is -2.45. The van der Waals surface area contributed by atoms with Crippen LogP contribution in [0.4, 0.5) is 4.39 Å². The molecule has 0 spiro atoms. The van der Waals surface area contributed by atoms with Crippen molar-refractivity contribution in [1.82, 2.24) is 14.3 Å². The van der Waals surface area contributed by atoms with Crippen LogP contribution in [0.25, 0.3) is 22.2 Å². The van der Waals surface area contributed by atoms with Gasteiger partial charge in [0.05, 0.1) is 13.4 Å². The van der Waals surface area contributed by atoms with Crippen molar-refractivity contribution in [1.29, 1.82) is 0 Å². The van der Waals surface area contributed by atoms with E-state index in [2.05, 4.69) is 16.0 Å². The van der Waals surface area contributed by atoms with E-state index in [-0.39, 0.29) is 17.8 Å². The minimum atomic E-state index is -3.20. The van der Waals surface area contributed by atoms with Gasteiger partial charge in [-0.05, 0) is 55.7 Å². The number of benzene rings is 1. The minimum absolute atomic E-state index is 0.0640. The number of H-pyrrole nitrogens is 1. The summed E-state index contributed by atoms with van der Waals surface area (Å²) >= 11 is 0. The molecule has 0 saturated carbocycles. The topological polar surface area (TPSA) is 75.3 Å². The molecule has 0 aliphatic carbocycles. The van der Waals surface area contributed by atoms with Crippen LogP contribution < -0.4 is 4.74 Å². The lowest BCUT2D eigenvalue weighted by Crippen LogP contribution is -2.43. The van der Waals surface area contributed by atoms with Crippen molar-refractivity contribution >= 4 is 21.1 Å². The third-order valence-electron chi connectivity index (χ3n) is 5.69. The summed E-state index contributed by atoms with van der Waals surface area (Å²) in [5, 5.41) is 0.893. The number of nitrogens with one attached hydrogen (secondary N) is 1. The zero-order chi connectivity index (χ0) is 20.8. The van der Waals surface area contributed by atoms with Gasteiger partial charge in [0.2, 0.25) is 10.0 Å². The number of nitrogens with zero attached hydrogens (tertiary/aromatic N) is 2. The number of pyridine rings is 1. The van der Waals surface area contributed by atoms with Crippen molar-refractivity contribution in [3.8, 4) is 16.9 Å². The lowest BCUT2D eigenvalue weighted by atomic mass is 9.90. The fourth-order valence-corrected chi connectivity index (χ4v) is 5.50. The first-order chi connectivity index (χ1) is 13.8. The van der Waals surface area contributed by atoms with Crippen LogP contribution in [0.2, 0.25) is 0 Å². The maximum absolute atomic E-state index is 13.9. The zero-order valence-electron chi connectivity index (χ0n) is 16.6. The molecule has 1 aromatic carbocycles. The van der Waals surface area contributed by atoms with Gasteiger partial charge in [0.1, 0.15) is 17.2 Å². The van der Waals surface area contributed by atoms with Crippen LogP contribution in [-0.2, 0) is 10.0 Å². The second-order valence-electron chi connectivity index (χ2n) is 7.63.